The van der Waals surface area contributed by atoms with Gasteiger partial charge in [0.2, 0.25) is 0 Å². The van der Waals surface area contributed by atoms with Crippen LogP contribution in [0.4, 0.5) is 0 Å². The SMILES string of the molecule is COc1cc(C(N)C2CC3CCC2C3)ccc1Cl. The smallest absolute Gasteiger partial charge is 0.137 e. The van der Waals surface area contributed by atoms with Crippen molar-refractivity contribution in [3.63, 3.8) is 0 Å². The molecule has 2 nitrogen and oxygen atoms in total. The monoisotopic (exact) mass is 265 g/mol. The van der Waals surface area contributed by atoms with Crippen molar-refractivity contribution in [2.24, 2.45) is 23.5 Å². The van der Waals surface area contributed by atoms with Gasteiger partial charge in [0.15, 0.2) is 0 Å². The molecule has 2 aliphatic carbocycles. The zero-order valence-electron chi connectivity index (χ0n) is 10.7. The zero-order chi connectivity index (χ0) is 12.7. The summed E-state index contributed by atoms with van der Waals surface area (Å²) in [6, 6.07) is 6.06. The van der Waals surface area contributed by atoms with E-state index >= 15 is 0 Å². The molecule has 4 unspecified atom stereocenters. The van der Waals surface area contributed by atoms with Gasteiger partial charge in [-0.3, -0.25) is 0 Å². The standard InChI is InChI=1S/C15H20ClNO/c1-18-14-8-11(4-5-13(14)16)15(17)12-7-9-2-3-10(12)6-9/h4-5,8-10,12,15H,2-3,6-7,17H2,1H3. The first-order valence-electron chi connectivity index (χ1n) is 6.78. The normalized spacial score (nSPS) is 31.6. The van der Waals surface area contributed by atoms with Crippen molar-refractivity contribution in [1.29, 1.82) is 0 Å². The molecule has 98 valence electrons. The van der Waals surface area contributed by atoms with Crippen LogP contribution in [-0.2, 0) is 0 Å². The van der Waals surface area contributed by atoms with Gasteiger partial charge in [0, 0.05) is 6.04 Å². The average Bonchev–Trinajstić information content (AvgIpc) is 3.00. The molecule has 3 heteroatoms. The summed E-state index contributed by atoms with van der Waals surface area (Å²) in [6.07, 6.45) is 5.48. The second-order valence-electron chi connectivity index (χ2n) is 5.76. The van der Waals surface area contributed by atoms with Crippen LogP contribution in [-0.4, -0.2) is 7.11 Å². The molecular weight excluding hydrogens is 246 g/mol. The van der Waals surface area contributed by atoms with Gasteiger partial charge in [-0.15, -0.1) is 0 Å². The van der Waals surface area contributed by atoms with Crippen LogP contribution >= 0.6 is 11.6 Å². The van der Waals surface area contributed by atoms with Gasteiger partial charge < -0.3 is 10.5 Å². The third-order valence-corrected chi connectivity index (χ3v) is 5.13. The Labute approximate surface area is 113 Å². The molecule has 0 heterocycles. The summed E-state index contributed by atoms with van der Waals surface area (Å²) >= 11 is 6.06. The highest BCUT2D eigenvalue weighted by Gasteiger charge is 2.42. The fraction of sp³-hybridized carbons (Fsp3) is 0.600. The minimum atomic E-state index is 0.131. The number of fused-ring (bicyclic) bond motifs is 2. The average molecular weight is 266 g/mol. The first kappa shape index (κ1) is 12.3. The molecule has 2 saturated carbocycles. The van der Waals surface area contributed by atoms with Crippen LogP contribution in [0, 0.1) is 17.8 Å². The number of benzene rings is 1. The summed E-state index contributed by atoms with van der Waals surface area (Å²) in [5.74, 6) is 3.15. The lowest BCUT2D eigenvalue weighted by molar-refractivity contribution is 0.284. The molecule has 2 fully saturated rings. The van der Waals surface area contributed by atoms with E-state index in [9.17, 15) is 0 Å². The second kappa shape index (κ2) is 4.75. The van der Waals surface area contributed by atoms with Crippen LogP contribution in [0.15, 0.2) is 18.2 Å². The number of rotatable bonds is 3. The van der Waals surface area contributed by atoms with Gasteiger partial charge in [0.1, 0.15) is 5.75 Å². The predicted molar refractivity (Wildman–Crippen MR) is 73.9 cm³/mol. The van der Waals surface area contributed by atoms with Crippen LogP contribution in [0.25, 0.3) is 0 Å². The maximum atomic E-state index is 6.46. The molecule has 2 aliphatic rings. The summed E-state index contributed by atoms with van der Waals surface area (Å²) < 4.78 is 5.27. The van der Waals surface area contributed by atoms with Gasteiger partial charge in [0.25, 0.3) is 0 Å². The van der Waals surface area contributed by atoms with E-state index < -0.39 is 0 Å². The van der Waals surface area contributed by atoms with E-state index in [0.717, 1.165) is 23.1 Å². The number of hydrogen-bond donors (Lipinski definition) is 1. The molecular formula is C15H20ClNO. The van der Waals surface area contributed by atoms with Crippen LogP contribution < -0.4 is 10.5 Å². The van der Waals surface area contributed by atoms with Crippen molar-refractivity contribution < 1.29 is 4.74 Å². The predicted octanol–water partition coefficient (Wildman–Crippen LogP) is 3.78. The quantitative estimate of drug-likeness (QED) is 0.903. The summed E-state index contributed by atoms with van der Waals surface area (Å²) in [4.78, 5) is 0. The van der Waals surface area contributed by atoms with Crippen molar-refractivity contribution in [3.8, 4) is 5.75 Å². The number of ether oxygens (including phenoxy) is 1. The molecule has 1 aromatic rings. The molecule has 4 atom stereocenters. The molecule has 2 bridgehead atoms. The highest BCUT2D eigenvalue weighted by Crippen LogP contribution is 2.52. The van der Waals surface area contributed by atoms with E-state index in [0.29, 0.717) is 10.9 Å². The molecule has 0 aromatic heterocycles. The van der Waals surface area contributed by atoms with E-state index in [1.807, 2.05) is 18.2 Å². The van der Waals surface area contributed by atoms with E-state index in [1.165, 1.54) is 25.7 Å². The molecule has 0 spiro atoms. The van der Waals surface area contributed by atoms with Gasteiger partial charge in [0.05, 0.1) is 12.1 Å². The van der Waals surface area contributed by atoms with Gasteiger partial charge >= 0.3 is 0 Å². The van der Waals surface area contributed by atoms with Crippen molar-refractivity contribution in [1.82, 2.24) is 0 Å². The van der Waals surface area contributed by atoms with Gasteiger partial charge in [-0.2, -0.15) is 0 Å². The van der Waals surface area contributed by atoms with E-state index in [2.05, 4.69) is 0 Å². The van der Waals surface area contributed by atoms with Gasteiger partial charge in [-0.1, -0.05) is 24.1 Å². The van der Waals surface area contributed by atoms with E-state index in [1.54, 1.807) is 7.11 Å². The third-order valence-electron chi connectivity index (χ3n) is 4.81. The molecule has 1 aromatic carbocycles. The maximum absolute atomic E-state index is 6.46. The molecule has 2 N–H and O–H groups in total. The Morgan fingerprint density at radius 3 is 2.78 bits per heavy atom. The Morgan fingerprint density at radius 2 is 2.17 bits per heavy atom. The first-order chi connectivity index (χ1) is 8.69. The Hall–Kier alpha value is -0.730. The molecule has 0 radical (unpaired) electrons. The van der Waals surface area contributed by atoms with Gasteiger partial charge in [-0.25, -0.2) is 0 Å². The Bertz CT molecular complexity index is 448. The van der Waals surface area contributed by atoms with Crippen LogP contribution in [0.5, 0.6) is 5.75 Å². The number of hydrogen-bond acceptors (Lipinski definition) is 2. The highest BCUT2D eigenvalue weighted by molar-refractivity contribution is 6.32. The Balaban J connectivity index is 1.82. The number of methoxy groups -OCH3 is 1. The summed E-state index contributed by atoms with van der Waals surface area (Å²) in [7, 11) is 1.65. The van der Waals surface area contributed by atoms with Crippen LogP contribution in [0.1, 0.15) is 37.3 Å². The van der Waals surface area contributed by atoms with E-state index in [4.69, 9.17) is 22.1 Å². The first-order valence-corrected chi connectivity index (χ1v) is 7.16. The topological polar surface area (TPSA) is 35.2 Å². The Kier molecular flexibility index (Phi) is 3.25. The third kappa shape index (κ3) is 2.02. The van der Waals surface area contributed by atoms with E-state index in [-0.39, 0.29) is 6.04 Å². The van der Waals surface area contributed by atoms with Crippen molar-refractivity contribution in [3.05, 3.63) is 28.8 Å². The van der Waals surface area contributed by atoms with Crippen molar-refractivity contribution in [2.45, 2.75) is 31.7 Å². The summed E-state index contributed by atoms with van der Waals surface area (Å²) in [6.45, 7) is 0. The summed E-state index contributed by atoms with van der Waals surface area (Å²) in [5.41, 5.74) is 7.62. The molecule has 0 amide bonds. The lowest BCUT2D eigenvalue weighted by atomic mass is 9.81. The van der Waals surface area contributed by atoms with Crippen molar-refractivity contribution in [2.75, 3.05) is 7.11 Å². The second-order valence-corrected chi connectivity index (χ2v) is 6.17. The Morgan fingerprint density at radius 1 is 1.33 bits per heavy atom. The minimum Gasteiger partial charge on any atom is -0.495 e. The fourth-order valence-electron chi connectivity index (χ4n) is 3.86. The van der Waals surface area contributed by atoms with Gasteiger partial charge in [-0.05, 0) is 54.7 Å². The minimum absolute atomic E-state index is 0.131. The lowest BCUT2D eigenvalue weighted by Gasteiger charge is -2.28. The lowest BCUT2D eigenvalue weighted by Crippen LogP contribution is -2.25. The van der Waals surface area contributed by atoms with Crippen LogP contribution in [0.3, 0.4) is 0 Å². The number of halogens is 1. The molecule has 0 aliphatic heterocycles. The molecule has 3 rings (SSSR count). The van der Waals surface area contributed by atoms with Crippen LogP contribution in [0.2, 0.25) is 5.02 Å². The molecule has 0 saturated heterocycles. The molecule has 18 heavy (non-hydrogen) atoms. The zero-order valence-corrected chi connectivity index (χ0v) is 11.5. The highest BCUT2D eigenvalue weighted by atomic mass is 35.5. The number of nitrogens with two attached hydrogens (primary N) is 1. The van der Waals surface area contributed by atoms with Crippen molar-refractivity contribution >= 4 is 11.6 Å². The maximum Gasteiger partial charge on any atom is 0.137 e. The largest absolute Gasteiger partial charge is 0.495 e. The fourth-order valence-corrected chi connectivity index (χ4v) is 4.06. The summed E-state index contributed by atoms with van der Waals surface area (Å²) in [5, 5.41) is 0.654.